The summed E-state index contributed by atoms with van der Waals surface area (Å²) in [4.78, 5) is 14.9. The average molecular weight is 292 g/mol. The highest BCUT2D eigenvalue weighted by molar-refractivity contribution is 5.91. The Bertz CT molecular complexity index is 736. The second-order valence-corrected chi connectivity index (χ2v) is 4.82. The summed E-state index contributed by atoms with van der Waals surface area (Å²) in [5.74, 6) is 1.12. The Balaban J connectivity index is 1.57. The van der Waals surface area contributed by atoms with Crippen LogP contribution < -0.4 is 10.1 Å². The molecule has 0 fully saturated rings. The summed E-state index contributed by atoms with van der Waals surface area (Å²) in [5.41, 5.74) is 2.12. The van der Waals surface area contributed by atoms with Gasteiger partial charge in [0.2, 0.25) is 0 Å². The van der Waals surface area contributed by atoms with E-state index in [9.17, 15) is 4.79 Å². The molecule has 1 aromatic heterocycles. The maximum absolute atomic E-state index is 11.9. The quantitative estimate of drug-likeness (QED) is 0.753. The lowest BCUT2D eigenvalue weighted by molar-refractivity contribution is -0.118. The van der Waals surface area contributed by atoms with Crippen LogP contribution in [0.25, 0.3) is 11.1 Å². The van der Waals surface area contributed by atoms with Crippen molar-refractivity contribution in [3.63, 3.8) is 0 Å². The number of rotatable bonds is 5. The predicted molar refractivity (Wildman–Crippen MR) is 86.8 cm³/mol. The third-order valence-electron chi connectivity index (χ3n) is 3.18. The lowest BCUT2D eigenvalue weighted by atomic mass is 10.1. The van der Waals surface area contributed by atoms with E-state index in [1.807, 2.05) is 72.9 Å². The number of aromatic nitrogens is 1. The minimum atomic E-state index is -0.203. The number of carbonyl (C=O) groups excluding carboxylic acids is 1. The van der Waals surface area contributed by atoms with Gasteiger partial charge >= 0.3 is 0 Å². The molecule has 0 saturated heterocycles. The normalized spacial score (nSPS) is 10.2. The van der Waals surface area contributed by atoms with Crippen LogP contribution in [0.2, 0.25) is 0 Å². The first-order valence-electron chi connectivity index (χ1n) is 7.03. The molecule has 2 aromatic carbocycles. The van der Waals surface area contributed by atoms with Crippen molar-refractivity contribution in [1.29, 1.82) is 0 Å². The molecule has 4 heteroatoms. The fraction of sp³-hybridized carbons (Fsp3) is 0.0556. The summed E-state index contributed by atoms with van der Waals surface area (Å²) in [6.45, 7) is -0.0241. The highest BCUT2D eigenvalue weighted by atomic mass is 16.5. The Morgan fingerprint density at radius 1 is 0.955 bits per heavy atom. The van der Waals surface area contributed by atoms with Gasteiger partial charge in [-0.15, -0.1) is 0 Å². The van der Waals surface area contributed by atoms with Gasteiger partial charge in [0, 0.05) is 11.8 Å². The minimum absolute atomic E-state index is 0.0241. The molecule has 3 rings (SSSR count). The summed E-state index contributed by atoms with van der Waals surface area (Å²) in [6.07, 6.45) is 1.86. The molecule has 1 heterocycles. The zero-order valence-corrected chi connectivity index (χ0v) is 12.0. The van der Waals surface area contributed by atoms with E-state index in [1.54, 1.807) is 0 Å². The van der Waals surface area contributed by atoms with Crippen molar-refractivity contribution in [1.82, 2.24) is 4.98 Å². The van der Waals surface area contributed by atoms with E-state index >= 15 is 0 Å². The highest BCUT2D eigenvalue weighted by Crippen LogP contribution is 2.21. The molecule has 0 aliphatic heterocycles. The summed E-state index contributed by atoms with van der Waals surface area (Å²) in [7, 11) is 0. The zero-order chi connectivity index (χ0) is 15.2. The van der Waals surface area contributed by atoms with Gasteiger partial charge in [0.05, 0.1) is 0 Å². The lowest BCUT2D eigenvalue weighted by Crippen LogP contribution is -2.20. The molecule has 0 aliphatic carbocycles. The molecule has 0 bridgehead atoms. The molecule has 0 aliphatic rings. The van der Waals surface area contributed by atoms with E-state index in [1.165, 1.54) is 0 Å². The topological polar surface area (TPSA) is 54.1 Å². The smallest absolute Gasteiger partial charge is 0.263 e. The van der Waals surface area contributed by atoms with Gasteiger partial charge in [-0.3, -0.25) is 4.79 Å². The molecule has 0 unspecified atom stereocenters. The number of H-pyrrole nitrogens is 1. The maximum Gasteiger partial charge on any atom is 0.263 e. The van der Waals surface area contributed by atoms with Gasteiger partial charge < -0.3 is 15.0 Å². The Morgan fingerprint density at radius 2 is 1.64 bits per heavy atom. The number of amides is 1. The largest absolute Gasteiger partial charge is 0.484 e. The van der Waals surface area contributed by atoms with E-state index < -0.39 is 0 Å². The van der Waals surface area contributed by atoms with Crippen LogP contribution in [0.15, 0.2) is 72.9 Å². The second kappa shape index (κ2) is 6.63. The number of carbonyl (C=O) groups is 1. The van der Waals surface area contributed by atoms with E-state index in [-0.39, 0.29) is 12.5 Å². The molecular weight excluding hydrogens is 276 g/mol. The molecule has 0 saturated carbocycles. The SMILES string of the molecule is O=C(COc1ccccc1)Nc1cc(-c2ccccc2)c[nH]1. The van der Waals surface area contributed by atoms with Crippen LogP contribution >= 0.6 is 0 Å². The summed E-state index contributed by atoms with van der Waals surface area (Å²) in [6, 6.07) is 21.1. The van der Waals surface area contributed by atoms with Crippen molar-refractivity contribution >= 4 is 11.7 Å². The van der Waals surface area contributed by atoms with Gasteiger partial charge in [-0.25, -0.2) is 0 Å². The molecule has 0 atom stereocenters. The van der Waals surface area contributed by atoms with E-state index in [0.717, 1.165) is 11.1 Å². The Labute approximate surface area is 128 Å². The van der Waals surface area contributed by atoms with Crippen LogP contribution in [0.1, 0.15) is 0 Å². The molecule has 22 heavy (non-hydrogen) atoms. The first kappa shape index (κ1) is 13.9. The summed E-state index contributed by atoms with van der Waals surface area (Å²) >= 11 is 0. The molecule has 110 valence electrons. The highest BCUT2D eigenvalue weighted by Gasteiger charge is 2.06. The van der Waals surface area contributed by atoms with Crippen molar-refractivity contribution < 1.29 is 9.53 Å². The molecule has 4 nitrogen and oxygen atoms in total. The van der Waals surface area contributed by atoms with Crippen LogP contribution in [0.4, 0.5) is 5.82 Å². The van der Waals surface area contributed by atoms with Crippen molar-refractivity contribution in [3.8, 4) is 16.9 Å². The summed E-state index contributed by atoms with van der Waals surface area (Å²) in [5, 5.41) is 2.78. The van der Waals surface area contributed by atoms with Crippen LogP contribution in [0.3, 0.4) is 0 Å². The fourth-order valence-electron chi connectivity index (χ4n) is 2.12. The van der Waals surface area contributed by atoms with Crippen LogP contribution in [0, 0.1) is 0 Å². The van der Waals surface area contributed by atoms with Gasteiger partial charge in [0.1, 0.15) is 11.6 Å². The van der Waals surface area contributed by atoms with Gasteiger partial charge in [-0.05, 0) is 23.8 Å². The van der Waals surface area contributed by atoms with Gasteiger partial charge in [-0.1, -0.05) is 48.5 Å². The number of aromatic amines is 1. The first-order chi connectivity index (χ1) is 10.8. The molecule has 0 spiro atoms. The Morgan fingerprint density at radius 3 is 2.36 bits per heavy atom. The zero-order valence-electron chi connectivity index (χ0n) is 12.0. The van der Waals surface area contributed by atoms with Gasteiger partial charge in [0.25, 0.3) is 5.91 Å². The van der Waals surface area contributed by atoms with Gasteiger partial charge in [-0.2, -0.15) is 0 Å². The fourth-order valence-corrected chi connectivity index (χ4v) is 2.12. The van der Waals surface area contributed by atoms with E-state index in [2.05, 4.69) is 10.3 Å². The predicted octanol–water partition coefficient (Wildman–Crippen LogP) is 3.70. The number of anilines is 1. The van der Waals surface area contributed by atoms with Crippen molar-refractivity contribution in [2.45, 2.75) is 0 Å². The number of hydrogen-bond donors (Lipinski definition) is 2. The second-order valence-electron chi connectivity index (χ2n) is 4.82. The molecule has 0 radical (unpaired) electrons. The third kappa shape index (κ3) is 3.55. The van der Waals surface area contributed by atoms with E-state index in [0.29, 0.717) is 11.6 Å². The van der Waals surface area contributed by atoms with Crippen LogP contribution in [-0.4, -0.2) is 17.5 Å². The van der Waals surface area contributed by atoms with Crippen molar-refractivity contribution in [3.05, 3.63) is 72.9 Å². The van der Waals surface area contributed by atoms with Crippen molar-refractivity contribution in [2.24, 2.45) is 0 Å². The first-order valence-corrected chi connectivity index (χ1v) is 7.03. The maximum atomic E-state index is 11.9. The number of para-hydroxylation sites is 1. The lowest BCUT2D eigenvalue weighted by Gasteiger charge is -2.05. The molecule has 3 aromatic rings. The number of hydrogen-bond acceptors (Lipinski definition) is 2. The monoisotopic (exact) mass is 292 g/mol. The van der Waals surface area contributed by atoms with Crippen LogP contribution in [0.5, 0.6) is 5.75 Å². The third-order valence-corrected chi connectivity index (χ3v) is 3.18. The van der Waals surface area contributed by atoms with Crippen molar-refractivity contribution in [2.75, 3.05) is 11.9 Å². The molecule has 1 amide bonds. The van der Waals surface area contributed by atoms with E-state index in [4.69, 9.17) is 4.74 Å². The Hall–Kier alpha value is -3.01. The summed E-state index contributed by atoms with van der Waals surface area (Å²) < 4.78 is 5.41. The van der Waals surface area contributed by atoms with Crippen LogP contribution in [-0.2, 0) is 4.79 Å². The number of ether oxygens (including phenoxy) is 1. The molecular formula is C18H16N2O2. The van der Waals surface area contributed by atoms with Gasteiger partial charge in [0.15, 0.2) is 6.61 Å². The standard InChI is InChI=1S/C18H16N2O2/c21-18(13-22-16-9-5-2-6-10-16)20-17-11-15(12-19-17)14-7-3-1-4-8-14/h1-12,19H,13H2,(H,20,21). The number of nitrogens with one attached hydrogen (secondary N) is 2. The Kier molecular flexibility index (Phi) is 4.20. The average Bonchev–Trinajstić information content (AvgIpc) is 3.03. The minimum Gasteiger partial charge on any atom is -0.484 e. The number of benzene rings is 2. The molecule has 2 N–H and O–H groups in total.